The van der Waals surface area contributed by atoms with Gasteiger partial charge in [-0.15, -0.1) is 0 Å². The van der Waals surface area contributed by atoms with E-state index >= 15 is 0 Å². The van der Waals surface area contributed by atoms with Crippen molar-refractivity contribution < 1.29 is 22.6 Å². The Labute approximate surface area is 184 Å². The number of rotatable bonds is 7. The summed E-state index contributed by atoms with van der Waals surface area (Å²) < 4.78 is 50.3. The minimum Gasteiger partial charge on any atom is -0.496 e. The molecule has 0 unspecified atom stereocenters. The lowest BCUT2D eigenvalue weighted by molar-refractivity contribution is -0.137. The molecule has 6 nitrogen and oxygen atoms in total. The zero-order valence-electron chi connectivity index (χ0n) is 18.2. The van der Waals surface area contributed by atoms with Crippen LogP contribution in [0, 0.1) is 0 Å². The second-order valence-corrected chi connectivity index (χ2v) is 8.02. The number of ether oxygens (including phenoxy) is 2. The van der Waals surface area contributed by atoms with Crippen molar-refractivity contribution in [2.24, 2.45) is 0 Å². The fraction of sp³-hybridized carbons (Fsp3) is 0.435. The number of H-pyrrole nitrogens is 1. The van der Waals surface area contributed by atoms with Gasteiger partial charge in [0.15, 0.2) is 0 Å². The SMILES string of the molecule is COc1cc(OCCCN2CCN(C)CC2)ccc1-c1nc2cc(C(F)(F)F)ccc2[nH]1. The lowest BCUT2D eigenvalue weighted by atomic mass is 10.2. The van der Waals surface area contributed by atoms with Gasteiger partial charge in [0.25, 0.3) is 0 Å². The summed E-state index contributed by atoms with van der Waals surface area (Å²) in [6.07, 6.45) is -3.48. The molecule has 32 heavy (non-hydrogen) atoms. The quantitative estimate of drug-likeness (QED) is 0.547. The van der Waals surface area contributed by atoms with E-state index in [0.717, 1.165) is 51.3 Å². The van der Waals surface area contributed by atoms with Crippen LogP contribution in [0.3, 0.4) is 0 Å². The zero-order valence-corrected chi connectivity index (χ0v) is 18.2. The summed E-state index contributed by atoms with van der Waals surface area (Å²) in [5.74, 6) is 1.66. The summed E-state index contributed by atoms with van der Waals surface area (Å²) >= 11 is 0. The summed E-state index contributed by atoms with van der Waals surface area (Å²) in [6, 6.07) is 8.87. The van der Waals surface area contributed by atoms with Crippen molar-refractivity contribution in [1.82, 2.24) is 19.8 Å². The number of hydrogen-bond acceptors (Lipinski definition) is 5. The lowest BCUT2D eigenvalue weighted by Crippen LogP contribution is -2.44. The van der Waals surface area contributed by atoms with Crippen molar-refractivity contribution in [2.45, 2.75) is 12.6 Å². The molecule has 1 aromatic heterocycles. The van der Waals surface area contributed by atoms with Gasteiger partial charge in [0.1, 0.15) is 17.3 Å². The Kier molecular flexibility index (Phi) is 6.57. The second kappa shape index (κ2) is 9.38. The first kappa shape index (κ1) is 22.4. The molecule has 0 atom stereocenters. The molecule has 1 N–H and O–H groups in total. The average Bonchev–Trinajstić information content (AvgIpc) is 3.20. The molecule has 1 fully saturated rings. The highest BCUT2D eigenvalue weighted by Crippen LogP contribution is 2.35. The van der Waals surface area contributed by atoms with Crippen LogP contribution in [-0.2, 0) is 6.18 Å². The number of nitrogens with zero attached hydrogens (tertiary/aromatic N) is 3. The van der Waals surface area contributed by atoms with Gasteiger partial charge in [0.2, 0.25) is 0 Å². The Bertz CT molecular complexity index is 1060. The molecular formula is C23H27F3N4O2. The topological polar surface area (TPSA) is 53.6 Å². The van der Waals surface area contributed by atoms with E-state index < -0.39 is 11.7 Å². The predicted octanol–water partition coefficient (Wildman–Crippen LogP) is 4.27. The molecule has 0 saturated carbocycles. The van der Waals surface area contributed by atoms with Gasteiger partial charge < -0.3 is 24.3 Å². The normalized spacial score (nSPS) is 15.9. The van der Waals surface area contributed by atoms with Crippen LogP contribution in [0.5, 0.6) is 11.5 Å². The van der Waals surface area contributed by atoms with Crippen LogP contribution in [0.2, 0.25) is 0 Å². The molecule has 1 aliphatic heterocycles. The van der Waals surface area contributed by atoms with E-state index in [0.29, 0.717) is 35.0 Å². The van der Waals surface area contributed by atoms with Gasteiger partial charge in [0.05, 0.1) is 35.9 Å². The van der Waals surface area contributed by atoms with Crippen molar-refractivity contribution in [2.75, 3.05) is 53.5 Å². The second-order valence-electron chi connectivity index (χ2n) is 8.02. The Morgan fingerprint density at radius 3 is 2.56 bits per heavy atom. The van der Waals surface area contributed by atoms with Gasteiger partial charge in [0, 0.05) is 38.8 Å². The largest absolute Gasteiger partial charge is 0.496 e. The summed E-state index contributed by atoms with van der Waals surface area (Å²) in [5, 5.41) is 0. The average molecular weight is 448 g/mol. The maximum Gasteiger partial charge on any atom is 0.416 e. The molecule has 172 valence electrons. The summed E-state index contributed by atoms with van der Waals surface area (Å²) in [4.78, 5) is 12.2. The molecule has 3 aromatic rings. The van der Waals surface area contributed by atoms with E-state index in [1.807, 2.05) is 6.07 Å². The number of halogens is 3. The molecular weight excluding hydrogens is 421 g/mol. The smallest absolute Gasteiger partial charge is 0.416 e. The summed E-state index contributed by atoms with van der Waals surface area (Å²) in [6.45, 7) is 5.96. The first-order chi connectivity index (χ1) is 15.3. The highest BCUT2D eigenvalue weighted by molar-refractivity contribution is 5.81. The maximum atomic E-state index is 13.0. The minimum absolute atomic E-state index is 0.251. The van der Waals surface area contributed by atoms with E-state index in [9.17, 15) is 13.2 Å². The molecule has 2 heterocycles. The number of nitrogens with one attached hydrogen (secondary N) is 1. The molecule has 9 heteroatoms. The number of aromatic amines is 1. The molecule has 0 spiro atoms. The third-order valence-corrected chi connectivity index (χ3v) is 5.72. The molecule has 0 amide bonds. The fourth-order valence-corrected chi connectivity index (χ4v) is 3.82. The van der Waals surface area contributed by atoms with Crippen molar-refractivity contribution >= 4 is 11.0 Å². The van der Waals surface area contributed by atoms with Gasteiger partial charge in [-0.05, 0) is 43.8 Å². The molecule has 1 saturated heterocycles. The number of alkyl halides is 3. The maximum absolute atomic E-state index is 13.0. The third-order valence-electron chi connectivity index (χ3n) is 5.72. The van der Waals surface area contributed by atoms with Crippen molar-refractivity contribution in [1.29, 1.82) is 0 Å². The number of imidazole rings is 1. The first-order valence-electron chi connectivity index (χ1n) is 10.6. The standard InChI is InChI=1S/C23H27F3N4O2/c1-29-9-11-30(12-10-29)8-3-13-32-17-5-6-18(21(15-17)31-2)22-27-19-7-4-16(23(24,25)26)14-20(19)28-22/h4-7,14-15H,3,8-13H2,1-2H3,(H,27,28). The highest BCUT2D eigenvalue weighted by atomic mass is 19.4. The van der Waals surface area contributed by atoms with Gasteiger partial charge in [-0.2, -0.15) is 13.2 Å². The van der Waals surface area contributed by atoms with Crippen LogP contribution in [0.1, 0.15) is 12.0 Å². The van der Waals surface area contributed by atoms with Crippen LogP contribution in [0.25, 0.3) is 22.4 Å². The molecule has 1 aliphatic rings. The fourth-order valence-electron chi connectivity index (χ4n) is 3.82. The summed E-state index contributed by atoms with van der Waals surface area (Å²) in [5.41, 5.74) is 0.706. The van der Waals surface area contributed by atoms with Gasteiger partial charge in [-0.3, -0.25) is 0 Å². The number of piperazine rings is 1. The Balaban J connectivity index is 1.42. The van der Waals surface area contributed by atoms with Gasteiger partial charge >= 0.3 is 6.18 Å². The van der Waals surface area contributed by atoms with Crippen LogP contribution in [0.15, 0.2) is 36.4 Å². The number of hydrogen-bond donors (Lipinski definition) is 1. The third kappa shape index (κ3) is 5.16. The Hall–Kier alpha value is -2.78. The molecule has 0 aliphatic carbocycles. The number of likely N-dealkylation sites (N-methyl/N-ethyl adjacent to an activating group) is 1. The van der Waals surface area contributed by atoms with Crippen molar-refractivity contribution in [3.8, 4) is 22.9 Å². The monoisotopic (exact) mass is 448 g/mol. The molecule has 4 rings (SSSR count). The van der Waals surface area contributed by atoms with Gasteiger partial charge in [-0.1, -0.05) is 0 Å². The first-order valence-corrected chi connectivity index (χ1v) is 10.6. The summed E-state index contributed by atoms with van der Waals surface area (Å²) in [7, 11) is 3.68. The lowest BCUT2D eigenvalue weighted by Gasteiger charge is -2.32. The number of benzene rings is 2. The molecule has 0 radical (unpaired) electrons. The van der Waals surface area contributed by atoms with Crippen molar-refractivity contribution in [3.63, 3.8) is 0 Å². The predicted molar refractivity (Wildman–Crippen MR) is 117 cm³/mol. The van der Waals surface area contributed by atoms with Crippen molar-refractivity contribution in [3.05, 3.63) is 42.0 Å². The minimum atomic E-state index is -4.41. The van der Waals surface area contributed by atoms with E-state index in [-0.39, 0.29) is 5.52 Å². The van der Waals surface area contributed by atoms with Crippen LogP contribution in [0.4, 0.5) is 13.2 Å². The molecule has 0 bridgehead atoms. The highest BCUT2D eigenvalue weighted by Gasteiger charge is 2.30. The van der Waals surface area contributed by atoms with Crippen LogP contribution >= 0.6 is 0 Å². The van der Waals surface area contributed by atoms with E-state index in [2.05, 4.69) is 26.8 Å². The van der Waals surface area contributed by atoms with E-state index in [4.69, 9.17) is 9.47 Å². The number of fused-ring (bicyclic) bond motifs is 1. The Morgan fingerprint density at radius 2 is 1.84 bits per heavy atom. The number of aromatic nitrogens is 2. The van der Waals surface area contributed by atoms with Crippen LogP contribution < -0.4 is 9.47 Å². The zero-order chi connectivity index (χ0) is 22.7. The number of methoxy groups -OCH3 is 1. The van der Waals surface area contributed by atoms with E-state index in [1.165, 1.54) is 6.07 Å². The van der Waals surface area contributed by atoms with Gasteiger partial charge in [-0.25, -0.2) is 4.98 Å². The Morgan fingerprint density at radius 1 is 1.06 bits per heavy atom. The van der Waals surface area contributed by atoms with E-state index in [1.54, 1.807) is 19.2 Å². The van der Waals surface area contributed by atoms with Crippen LogP contribution in [-0.4, -0.2) is 73.3 Å². The molecule has 2 aromatic carbocycles.